The first-order valence-corrected chi connectivity index (χ1v) is 28.0. The van der Waals surface area contributed by atoms with Gasteiger partial charge in [-0.1, -0.05) is 65.0 Å². The van der Waals surface area contributed by atoms with Gasteiger partial charge in [0.05, 0.1) is 29.1 Å². The molecule has 0 N–H and O–H groups in total. The highest BCUT2D eigenvalue weighted by molar-refractivity contribution is 9.10. The number of unbranched alkanes of at least 4 members (excludes halogenated alkanes) is 3. The third-order valence-corrected chi connectivity index (χ3v) is 14.9. The molecule has 0 aliphatic heterocycles. The molecule has 2 aliphatic rings. The lowest BCUT2D eigenvalue weighted by atomic mass is 9.63. The quantitative estimate of drug-likeness (QED) is 0.105. The largest absolute Gasteiger partial charge is 0.373 e. The predicted molar refractivity (Wildman–Crippen MR) is 216 cm³/mol. The zero-order valence-electron chi connectivity index (χ0n) is 28.1. The van der Waals surface area contributed by atoms with Gasteiger partial charge in [0.25, 0.3) is 0 Å². The number of hydrogen-bond donors (Lipinski definition) is 0. The Labute approximate surface area is 337 Å². The third kappa shape index (κ3) is 14.7. The summed E-state index contributed by atoms with van der Waals surface area (Å²) < 4.78 is 97.9. The van der Waals surface area contributed by atoms with Gasteiger partial charge >= 0.3 is 0 Å². The van der Waals surface area contributed by atoms with Crippen LogP contribution in [0.1, 0.15) is 118 Å². The van der Waals surface area contributed by atoms with Crippen LogP contribution < -0.4 is 0 Å². The first kappa shape index (κ1) is 45.7. The molecular weight excluding hydrogens is 958 g/mol. The van der Waals surface area contributed by atoms with E-state index in [0.29, 0.717) is 38.5 Å². The molecule has 4 atom stereocenters. The Hall–Kier alpha value is 0.320. The van der Waals surface area contributed by atoms with E-state index in [1.165, 1.54) is 5.56 Å². The molecule has 2 aliphatic carbocycles. The van der Waals surface area contributed by atoms with Crippen molar-refractivity contribution < 1.29 is 38.4 Å². The first-order valence-electron chi connectivity index (χ1n) is 16.5. The molecule has 0 aromatic heterocycles. The summed E-state index contributed by atoms with van der Waals surface area (Å²) in [6, 6.07) is 8.45. The highest BCUT2D eigenvalue weighted by Crippen LogP contribution is 2.60. The number of ether oxygens (including phenoxy) is 1. The zero-order chi connectivity index (χ0) is 38.4. The lowest BCUT2D eigenvalue weighted by Crippen LogP contribution is -2.27. The molecule has 4 unspecified atom stereocenters. The highest BCUT2D eigenvalue weighted by atomic mass is 79.9. The van der Waals surface area contributed by atoms with Crippen LogP contribution in [0.3, 0.4) is 0 Å². The topological polar surface area (TPSA) is 146 Å². The van der Waals surface area contributed by atoms with Gasteiger partial charge in [-0.2, -0.15) is 0 Å². The SMILES string of the molecule is CC1c2cc(Br)cc3c2-c2c(cc(Br)cc2C(OCCCS(=O)(=O)Cl)C3CCCCS(=O)(=O)Cl)C1CCCCS(=O)(=O)Cl.CCCCS(=O)(=O)Cl. The average Bonchev–Trinajstić information content (AvgIpc) is 2.98. The van der Waals surface area contributed by atoms with Gasteiger partial charge in [0.15, 0.2) is 0 Å². The molecule has 2 aromatic carbocycles. The fraction of sp³-hybridized carbons (Fsp3) is 0.625. The van der Waals surface area contributed by atoms with E-state index in [1.807, 2.05) is 6.92 Å². The van der Waals surface area contributed by atoms with E-state index in [2.05, 4.69) is 63.0 Å². The van der Waals surface area contributed by atoms with Crippen LogP contribution in [0.4, 0.5) is 0 Å². The van der Waals surface area contributed by atoms with Crippen molar-refractivity contribution in [1.29, 1.82) is 0 Å². The van der Waals surface area contributed by atoms with Gasteiger partial charge in [-0.15, -0.1) is 0 Å². The number of benzene rings is 2. The Morgan fingerprint density at radius 3 is 1.43 bits per heavy atom. The summed E-state index contributed by atoms with van der Waals surface area (Å²) in [4.78, 5) is 0. The van der Waals surface area contributed by atoms with Crippen LogP contribution in [0.25, 0.3) is 11.1 Å². The van der Waals surface area contributed by atoms with Crippen molar-refractivity contribution >= 4 is 111 Å². The molecular formula is C32H42Br2Cl4O9S4. The van der Waals surface area contributed by atoms with Crippen LogP contribution in [-0.4, -0.2) is 63.3 Å². The molecule has 19 heteroatoms. The van der Waals surface area contributed by atoms with E-state index in [4.69, 9.17) is 47.5 Å². The third-order valence-electron chi connectivity index (χ3n) is 9.02. The van der Waals surface area contributed by atoms with Crippen molar-refractivity contribution in [3.8, 4) is 11.1 Å². The predicted octanol–water partition coefficient (Wildman–Crippen LogP) is 10.0. The van der Waals surface area contributed by atoms with E-state index in [9.17, 15) is 33.7 Å². The van der Waals surface area contributed by atoms with Crippen molar-refractivity contribution in [2.24, 2.45) is 0 Å². The lowest BCUT2D eigenvalue weighted by Gasteiger charge is -2.43. The number of rotatable bonds is 18. The van der Waals surface area contributed by atoms with Gasteiger partial charge in [-0.05, 0) is 108 Å². The molecule has 0 radical (unpaired) electrons. The summed E-state index contributed by atoms with van der Waals surface area (Å²) in [6.07, 6.45) is 4.92. The van der Waals surface area contributed by atoms with Crippen LogP contribution in [0.15, 0.2) is 33.2 Å². The van der Waals surface area contributed by atoms with Crippen LogP contribution >= 0.6 is 74.6 Å². The van der Waals surface area contributed by atoms with Crippen molar-refractivity contribution in [2.45, 2.75) is 95.5 Å². The van der Waals surface area contributed by atoms with E-state index in [0.717, 1.165) is 49.6 Å². The summed E-state index contributed by atoms with van der Waals surface area (Å²) in [6.45, 7) is 4.29. The molecule has 0 fully saturated rings. The van der Waals surface area contributed by atoms with Gasteiger partial charge in [0, 0.05) is 64.2 Å². The Balaban J connectivity index is 0.000000783. The van der Waals surface area contributed by atoms with Crippen molar-refractivity contribution in [2.75, 3.05) is 29.6 Å². The minimum Gasteiger partial charge on any atom is -0.373 e. The molecule has 0 heterocycles. The minimum atomic E-state index is -3.67. The molecule has 0 saturated carbocycles. The second kappa shape index (κ2) is 19.5. The number of hydrogen-bond acceptors (Lipinski definition) is 9. The molecule has 51 heavy (non-hydrogen) atoms. The Kier molecular flexibility index (Phi) is 17.4. The number of halogens is 6. The van der Waals surface area contributed by atoms with Gasteiger partial charge in [0.1, 0.15) is 0 Å². The summed E-state index contributed by atoms with van der Waals surface area (Å²) in [5.41, 5.74) is 6.70. The fourth-order valence-corrected chi connectivity index (χ4v) is 11.4. The fourth-order valence-electron chi connectivity index (χ4n) is 6.87. The van der Waals surface area contributed by atoms with Gasteiger partial charge < -0.3 is 4.74 Å². The van der Waals surface area contributed by atoms with Gasteiger partial charge in [0.2, 0.25) is 36.2 Å². The Morgan fingerprint density at radius 1 is 0.569 bits per heavy atom. The molecule has 0 spiro atoms. The molecule has 290 valence electrons. The van der Waals surface area contributed by atoms with Crippen molar-refractivity contribution in [1.82, 2.24) is 0 Å². The monoisotopic (exact) mass is 996 g/mol. The van der Waals surface area contributed by atoms with Gasteiger partial charge in [-0.25, -0.2) is 33.7 Å². The summed E-state index contributed by atoms with van der Waals surface area (Å²) in [5, 5.41) is 0. The molecule has 0 bridgehead atoms. The Morgan fingerprint density at radius 2 is 0.961 bits per heavy atom. The van der Waals surface area contributed by atoms with E-state index >= 15 is 0 Å². The lowest BCUT2D eigenvalue weighted by molar-refractivity contribution is 0.0296. The zero-order valence-corrected chi connectivity index (χ0v) is 37.6. The van der Waals surface area contributed by atoms with Crippen LogP contribution in [0.5, 0.6) is 0 Å². The minimum absolute atomic E-state index is 0.0703. The van der Waals surface area contributed by atoms with Crippen LogP contribution in [0.2, 0.25) is 0 Å². The smallest absolute Gasteiger partial charge is 0.232 e. The standard InChI is InChI=1S/C28H33Br2Cl3O7S3.C4H9ClO2S/c1-17-20(7-2-4-10-41(31,34)35)23-14-19(30)16-25-27(23)26-22(17)13-18(29)15-24(26)21(8-3-5-11-42(32,36)37)28(25)40-9-6-12-43(33,38)39;1-2-3-4-8(5,6)7/h13-17,20-21,28H,2-12H2,1H3;2-4H2,1H3. The van der Waals surface area contributed by atoms with E-state index in [-0.39, 0.29) is 53.8 Å². The van der Waals surface area contributed by atoms with E-state index in [1.54, 1.807) is 0 Å². The molecule has 0 amide bonds. The Bertz CT molecular complexity index is 1980. The maximum atomic E-state index is 11.6. The summed E-state index contributed by atoms with van der Waals surface area (Å²) in [5.74, 6) is -0.158. The normalized spacial score (nSPS) is 20.0. The summed E-state index contributed by atoms with van der Waals surface area (Å²) >= 11 is 7.43. The molecule has 2 aromatic rings. The molecule has 0 saturated heterocycles. The maximum absolute atomic E-state index is 11.6. The van der Waals surface area contributed by atoms with Crippen molar-refractivity contribution in [3.05, 3.63) is 55.5 Å². The van der Waals surface area contributed by atoms with Crippen LogP contribution in [0, 0.1) is 0 Å². The molecule has 9 nitrogen and oxygen atoms in total. The van der Waals surface area contributed by atoms with E-state index < -0.39 is 42.3 Å². The first-order chi connectivity index (χ1) is 23.5. The van der Waals surface area contributed by atoms with Gasteiger partial charge in [-0.3, -0.25) is 0 Å². The second-order valence-corrected chi connectivity index (χ2v) is 26.3. The highest BCUT2D eigenvalue weighted by Gasteiger charge is 2.42. The maximum Gasteiger partial charge on any atom is 0.232 e. The second-order valence-electron chi connectivity index (χ2n) is 12.9. The summed E-state index contributed by atoms with van der Waals surface area (Å²) in [7, 11) is 7.21. The van der Waals surface area contributed by atoms with Crippen molar-refractivity contribution in [3.63, 3.8) is 0 Å². The average molecular weight is 1000 g/mol. The van der Waals surface area contributed by atoms with Crippen LogP contribution in [-0.2, 0) is 40.9 Å². The molecule has 4 rings (SSSR count).